The summed E-state index contributed by atoms with van der Waals surface area (Å²) >= 11 is 0. The van der Waals surface area contributed by atoms with Crippen LogP contribution in [0.2, 0.25) is 0 Å². The fraction of sp³-hybridized carbons (Fsp3) is 0.400. The number of hydrogen-bond acceptors (Lipinski definition) is 4. The molecule has 1 aromatic carbocycles. The van der Waals surface area contributed by atoms with Gasteiger partial charge < -0.3 is 10.4 Å². The van der Waals surface area contributed by atoms with E-state index >= 15 is 0 Å². The highest BCUT2D eigenvalue weighted by Gasteiger charge is 2.32. The summed E-state index contributed by atoms with van der Waals surface area (Å²) in [7, 11) is 0. The van der Waals surface area contributed by atoms with Gasteiger partial charge in [0.2, 0.25) is 0 Å². The van der Waals surface area contributed by atoms with E-state index in [-0.39, 0.29) is 18.6 Å². The fourth-order valence-electron chi connectivity index (χ4n) is 2.38. The maximum atomic E-state index is 12.2. The van der Waals surface area contributed by atoms with Gasteiger partial charge in [0.25, 0.3) is 5.91 Å². The summed E-state index contributed by atoms with van der Waals surface area (Å²) < 4.78 is 1.58. The Labute approximate surface area is 122 Å². The Morgan fingerprint density at radius 3 is 2.81 bits per heavy atom. The van der Waals surface area contributed by atoms with Crippen LogP contribution < -0.4 is 5.32 Å². The van der Waals surface area contributed by atoms with Crippen LogP contribution >= 0.6 is 0 Å². The topological polar surface area (TPSA) is 80.0 Å². The summed E-state index contributed by atoms with van der Waals surface area (Å²) in [5.74, 6) is 0.257. The van der Waals surface area contributed by atoms with Crippen molar-refractivity contribution < 1.29 is 9.90 Å². The lowest BCUT2D eigenvalue weighted by Gasteiger charge is -2.15. The largest absolute Gasteiger partial charge is 0.396 e. The van der Waals surface area contributed by atoms with Gasteiger partial charge in [-0.1, -0.05) is 23.4 Å². The van der Waals surface area contributed by atoms with Crippen LogP contribution in [0.1, 0.15) is 29.8 Å². The Bertz CT molecular complexity index is 607. The van der Waals surface area contributed by atoms with Gasteiger partial charge in [-0.3, -0.25) is 4.79 Å². The Kier molecular flexibility index (Phi) is 3.96. The predicted octanol–water partition coefficient (Wildman–Crippen LogP) is 1.16. The molecule has 6 nitrogen and oxygen atoms in total. The van der Waals surface area contributed by atoms with Crippen LogP contribution in [0, 0.1) is 5.92 Å². The third-order valence-corrected chi connectivity index (χ3v) is 3.69. The van der Waals surface area contributed by atoms with E-state index < -0.39 is 0 Å². The molecule has 21 heavy (non-hydrogen) atoms. The summed E-state index contributed by atoms with van der Waals surface area (Å²) in [4.78, 5) is 12.2. The van der Waals surface area contributed by atoms with Crippen LogP contribution in [0.15, 0.2) is 36.5 Å². The molecule has 0 radical (unpaired) electrons. The fourth-order valence-corrected chi connectivity index (χ4v) is 2.38. The molecule has 1 aliphatic rings. The maximum Gasteiger partial charge on any atom is 0.273 e. The molecular formula is C15H18N4O2. The van der Waals surface area contributed by atoms with Gasteiger partial charge in [-0.2, -0.15) is 0 Å². The zero-order valence-corrected chi connectivity index (χ0v) is 11.6. The van der Waals surface area contributed by atoms with E-state index in [1.165, 1.54) is 0 Å². The quantitative estimate of drug-likeness (QED) is 0.835. The number of aromatic nitrogens is 3. The highest BCUT2D eigenvalue weighted by molar-refractivity contribution is 5.92. The first-order chi connectivity index (χ1) is 10.3. The van der Waals surface area contributed by atoms with E-state index in [0.29, 0.717) is 18.0 Å². The normalized spacial score (nSPS) is 15.7. The Hall–Kier alpha value is -2.21. The van der Waals surface area contributed by atoms with Crippen LogP contribution in [0.3, 0.4) is 0 Å². The number of aliphatic hydroxyl groups excluding tert-OH is 1. The molecule has 1 aliphatic carbocycles. The average Bonchev–Trinajstić information content (AvgIpc) is 3.24. The minimum Gasteiger partial charge on any atom is -0.396 e. The molecule has 2 N–H and O–H groups in total. The van der Waals surface area contributed by atoms with Gasteiger partial charge in [0.1, 0.15) is 0 Å². The molecule has 0 saturated heterocycles. The minimum atomic E-state index is -0.234. The number of hydrogen-bond donors (Lipinski definition) is 2. The molecule has 110 valence electrons. The van der Waals surface area contributed by atoms with Crippen molar-refractivity contribution in [1.29, 1.82) is 0 Å². The number of amides is 1. The van der Waals surface area contributed by atoms with Gasteiger partial charge in [0.05, 0.1) is 11.9 Å². The van der Waals surface area contributed by atoms with E-state index in [9.17, 15) is 4.79 Å². The predicted molar refractivity (Wildman–Crippen MR) is 77.0 cm³/mol. The molecule has 1 unspecified atom stereocenters. The Morgan fingerprint density at radius 2 is 2.14 bits per heavy atom. The number of carbonyl (C=O) groups excluding carboxylic acids is 1. The average molecular weight is 286 g/mol. The van der Waals surface area contributed by atoms with E-state index in [4.69, 9.17) is 5.11 Å². The first-order valence-corrected chi connectivity index (χ1v) is 7.17. The molecule has 1 aromatic heterocycles. The van der Waals surface area contributed by atoms with Crippen molar-refractivity contribution in [1.82, 2.24) is 20.3 Å². The molecule has 1 saturated carbocycles. The van der Waals surface area contributed by atoms with Crippen LogP contribution in [0.5, 0.6) is 0 Å². The third kappa shape index (κ3) is 3.28. The van der Waals surface area contributed by atoms with Crippen molar-refractivity contribution in [2.75, 3.05) is 6.61 Å². The van der Waals surface area contributed by atoms with E-state index in [0.717, 1.165) is 18.5 Å². The van der Waals surface area contributed by atoms with Crippen molar-refractivity contribution in [3.05, 3.63) is 42.2 Å². The summed E-state index contributed by atoms with van der Waals surface area (Å²) in [5.41, 5.74) is 1.15. The van der Waals surface area contributed by atoms with Gasteiger partial charge >= 0.3 is 0 Å². The van der Waals surface area contributed by atoms with Gasteiger partial charge in [-0.25, -0.2) is 4.68 Å². The van der Waals surface area contributed by atoms with Gasteiger partial charge in [0, 0.05) is 12.6 Å². The number of para-hydroxylation sites is 1. The molecular weight excluding hydrogens is 268 g/mol. The lowest BCUT2D eigenvalue weighted by molar-refractivity contribution is 0.0919. The molecule has 1 heterocycles. The lowest BCUT2D eigenvalue weighted by Crippen LogP contribution is -2.37. The number of carbonyl (C=O) groups is 1. The number of aliphatic hydroxyl groups is 1. The second-order valence-electron chi connectivity index (χ2n) is 5.31. The molecule has 1 amide bonds. The maximum absolute atomic E-state index is 12.2. The molecule has 1 fully saturated rings. The summed E-state index contributed by atoms with van der Waals surface area (Å²) in [6.07, 6.45) is 4.43. The molecule has 2 aromatic rings. The first kappa shape index (κ1) is 13.8. The van der Waals surface area contributed by atoms with Crippen molar-refractivity contribution in [2.24, 2.45) is 5.92 Å². The third-order valence-electron chi connectivity index (χ3n) is 3.69. The zero-order valence-electron chi connectivity index (χ0n) is 11.6. The van der Waals surface area contributed by atoms with Gasteiger partial charge in [0.15, 0.2) is 5.69 Å². The second kappa shape index (κ2) is 6.05. The van der Waals surface area contributed by atoms with Gasteiger partial charge in [-0.15, -0.1) is 5.10 Å². The number of rotatable bonds is 6. The van der Waals surface area contributed by atoms with E-state index in [1.54, 1.807) is 10.9 Å². The van der Waals surface area contributed by atoms with Gasteiger partial charge in [-0.05, 0) is 37.3 Å². The van der Waals surface area contributed by atoms with Crippen LogP contribution in [0.4, 0.5) is 0 Å². The second-order valence-corrected chi connectivity index (χ2v) is 5.31. The van der Waals surface area contributed by atoms with Crippen molar-refractivity contribution in [2.45, 2.75) is 25.3 Å². The number of benzene rings is 1. The number of nitrogens with one attached hydrogen (secondary N) is 1. The molecule has 6 heteroatoms. The van der Waals surface area contributed by atoms with Crippen LogP contribution in [0.25, 0.3) is 5.69 Å². The van der Waals surface area contributed by atoms with Crippen molar-refractivity contribution in [3.8, 4) is 5.69 Å². The summed E-state index contributed by atoms with van der Waals surface area (Å²) in [5, 5.41) is 19.9. The summed E-state index contributed by atoms with van der Waals surface area (Å²) in [6.45, 7) is 0.0815. The Balaban J connectivity index is 1.69. The van der Waals surface area contributed by atoms with Crippen LogP contribution in [-0.2, 0) is 0 Å². The van der Waals surface area contributed by atoms with Crippen molar-refractivity contribution >= 4 is 5.91 Å². The molecule has 0 spiro atoms. The SMILES string of the molecule is O=C(NC(CCO)C1CC1)c1cn(-c2ccccc2)nn1. The zero-order chi connectivity index (χ0) is 14.7. The molecule has 0 aliphatic heterocycles. The lowest BCUT2D eigenvalue weighted by atomic mass is 10.1. The summed E-state index contributed by atoms with van der Waals surface area (Å²) in [6, 6.07) is 9.56. The Morgan fingerprint density at radius 1 is 1.38 bits per heavy atom. The number of nitrogens with zero attached hydrogens (tertiary/aromatic N) is 3. The van der Waals surface area contributed by atoms with E-state index in [1.807, 2.05) is 30.3 Å². The highest BCUT2D eigenvalue weighted by atomic mass is 16.3. The van der Waals surface area contributed by atoms with Crippen molar-refractivity contribution in [3.63, 3.8) is 0 Å². The molecule has 0 bridgehead atoms. The standard InChI is InChI=1S/C15H18N4O2/c20-9-8-13(11-6-7-11)16-15(21)14-10-19(18-17-14)12-4-2-1-3-5-12/h1-5,10-11,13,20H,6-9H2,(H,16,21). The molecule has 3 rings (SSSR count). The minimum absolute atomic E-state index is 0.0318. The highest BCUT2D eigenvalue weighted by Crippen LogP contribution is 2.34. The molecule has 1 atom stereocenters. The first-order valence-electron chi connectivity index (χ1n) is 7.17. The van der Waals surface area contributed by atoms with Crippen LogP contribution in [-0.4, -0.2) is 38.7 Å². The smallest absolute Gasteiger partial charge is 0.273 e. The monoisotopic (exact) mass is 286 g/mol. The van der Waals surface area contributed by atoms with E-state index in [2.05, 4.69) is 15.6 Å².